The first-order chi connectivity index (χ1) is 13.6. The van der Waals surface area contributed by atoms with Gasteiger partial charge in [-0.05, 0) is 36.4 Å². The Kier molecular flexibility index (Phi) is 6.28. The van der Waals surface area contributed by atoms with Gasteiger partial charge in [0, 0.05) is 5.56 Å². The maximum atomic E-state index is 12.2. The zero-order valence-corrected chi connectivity index (χ0v) is 16.1. The van der Waals surface area contributed by atoms with E-state index in [1.165, 1.54) is 18.9 Å². The van der Waals surface area contributed by atoms with Crippen molar-refractivity contribution in [1.82, 2.24) is 15.2 Å². The molecule has 3 rings (SSSR count). The van der Waals surface area contributed by atoms with Crippen molar-refractivity contribution in [3.05, 3.63) is 54.1 Å². The summed E-state index contributed by atoms with van der Waals surface area (Å²) in [4.78, 5) is 28.4. The lowest BCUT2D eigenvalue weighted by Crippen LogP contribution is -2.17. The van der Waals surface area contributed by atoms with Gasteiger partial charge in [0.25, 0.3) is 0 Å². The van der Waals surface area contributed by atoms with E-state index in [0.717, 1.165) is 11.3 Å². The first-order valence-corrected chi connectivity index (χ1v) is 9.26. The van der Waals surface area contributed by atoms with Gasteiger partial charge in [-0.1, -0.05) is 23.9 Å². The number of carbonyl (C=O) groups is 2. The van der Waals surface area contributed by atoms with Gasteiger partial charge in [-0.25, -0.2) is 9.78 Å². The number of anilines is 1. The van der Waals surface area contributed by atoms with Crippen LogP contribution in [0.25, 0.3) is 11.4 Å². The van der Waals surface area contributed by atoms with Crippen molar-refractivity contribution < 1.29 is 19.1 Å². The number of H-pyrrole nitrogens is 1. The van der Waals surface area contributed by atoms with Crippen molar-refractivity contribution in [2.75, 3.05) is 25.3 Å². The number of rotatable bonds is 7. The molecule has 28 heavy (non-hydrogen) atoms. The van der Waals surface area contributed by atoms with Gasteiger partial charge in [0.05, 0.1) is 31.2 Å². The number of hydrogen-bond donors (Lipinski definition) is 2. The fourth-order valence-electron chi connectivity index (χ4n) is 2.39. The molecule has 0 radical (unpaired) electrons. The molecule has 8 nitrogen and oxygen atoms in total. The molecule has 0 bridgehead atoms. The van der Waals surface area contributed by atoms with Gasteiger partial charge in [0.1, 0.15) is 5.75 Å². The Hall–Kier alpha value is -3.33. The second kappa shape index (κ2) is 9.05. The Morgan fingerprint density at radius 2 is 1.86 bits per heavy atom. The molecular weight excluding hydrogens is 380 g/mol. The quantitative estimate of drug-likeness (QED) is 0.465. The lowest BCUT2D eigenvalue weighted by Gasteiger charge is -2.08. The van der Waals surface area contributed by atoms with Gasteiger partial charge in [-0.15, -0.1) is 5.10 Å². The Labute approximate surface area is 165 Å². The van der Waals surface area contributed by atoms with Crippen molar-refractivity contribution in [1.29, 1.82) is 0 Å². The van der Waals surface area contributed by atoms with Crippen molar-refractivity contribution in [3.8, 4) is 17.1 Å². The van der Waals surface area contributed by atoms with Crippen LogP contribution in [-0.2, 0) is 9.53 Å². The number of ether oxygens (including phenoxy) is 2. The second-order valence-corrected chi connectivity index (χ2v) is 6.51. The number of hydrogen-bond acceptors (Lipinski definition) is 7. The standard InChI is InChI=1S/C19H18N4O4S/c1-26-13-9-7-12(8-10-13)17-21-19(23-22-17)28-11-16(24)20-15-6-4-3-5-14(15)18(25)27-2/h3-10H,11H2,1-2H3,(H,20,24)(H,21,22,23). The molecule has 0 atom stereocenters. The summed E-state index contributed by atoms with van der Waals surface area (Å²) in [6.07, 6.45) is 0. The van der Waals surface area contributed by atoms with Crippen molar-refractivity contribution in [3.63, 3.8) is 0 Å². The molecule has 0 aliphatic heterocycles. The molecule has 0 saturated carbocycles. The summed E-state index contributed by atoms with van der Waals surface area (Å²) in [6, 6.07) is 14.0. The summed E-state index contributed by atoms with van der Waals surface area (Å²) in [5, 5.41) is 10.1. The summed E-state index contributed by atoms with van der Waals surface area (Å²) in [7, 11) is 2.90. The molecule has 3 aromatic rings. The number of aromatic nitrogens is 3. The molecule has 0 saturated heterocycles. The minimum absolute atomic E-state index is 0.0927. The van der Waals surface area contributed by atoms with Gasteiger partial charge < -0.3 is 14.8 Å². The molecule has 2 N–H and O–H groups in total. The van der Waals surface area contributed by atoms with E-state index in [-0.39, 0.29) is 11.7 Å². The highest BCUT2D eigenvalue weighted by molar-refractivity contribution is 7.99. The van der Waals surface area contributed by atoms with E-state index in [9.17, 15) is 9.59 Å². The predicted octanol–water partition coefficient (Wildman–Crippen LogP) is 3.00. The van der Waals surface area contributed by atoms with Gasteiger partial charge in [0.2, 0.25) is 11.1 Å². The van der Waals surface area contributed by atoms with Crippen LogP contribution >= 0.6 is 11.8 Å². The minimum atomic E-state index is -0.512. The van der Waals surface area contributed by atoms with E-state index < -0.39 is 5.97 Å². The van der Waals surface area contributed by atoms with Crippen LogP contribution in [-0.4, -0.2) is 47.0 Å². The van der Waals surface area contributed by atoms with Crippen LogP contribution in [0.4, 0.5) is 5.69 Å². The maximum Gasteiger partial charge on any atom is 0.339 e. The molecule has 1 heterocycles. The lowest BCUT2D eigenvalue weighted by atomic mass is 10.2. The largest absolute Gasteiger partial charge is 0.497 e. The van der Waals surface area contributed by atoms with E-state index in [1.54, 1.807) is 31.4 Å². The highest BCUT2D eigenvalue weighted by atomic mass is 32.2. The first kappa shape index (κ1) is 19.4. The number of benzene rings is 2. The third-order valence-electron chi connectivity index (χ3n) is 3.77. The molecule has 0 aliphatic rings. The van der Waals surface area contributed by atoms with Crippen LogP contribution in [0.2, 0.25) is 0 Å². The van der Waals surface area contributed by atoms with Crippen molar-refractivity contribution in [2.24, 2.45) is 0 Å². The number of methoxy groups -OCH3 is 2. The summed E-state index contributed by atoms with van der Waals surface area (Å²) in [5.74, 6) is 0.650. The van der Waals surface area contributed by atoms with E-state index in [4.69, 9.17) is 9.47 Å². The van der Waals surface area contributed by atoms with E-state index in [2.05, 4.69) is 20.5 Å². The molecule has 0 spiro atoms. The van der Waals surface area contributed by atoms with Gasteiger partial charge >= 0.3 is 5.97 Å². The van der Waals surface area contributed by atoms with Crippen LogP contribution in [0, 0.1) is 0 Å². The maximum absolute atomic E-state index is 12.2. The normalized spacial score (nSPS) is 10.4. The smallest absolute Gasteiger partial charge is 0.339 e. The number of carbonyl (C=O) groups excluding carboxylic acids is 2. The average Bonchev–Trinajstić information content (AvgIpc) is 3.21. The minimum Gasteiger partial charge on any atom is -0.497 e. The first-order valence-electron chi connectivity index (χ1n) is 8.27. The van der Waals surface area contributed by atoms with E-state index in [0.29, 0.717) is 22.2 Å². The van der Waals surface area contributed by atoms with Crippen LogP contribution in [0.1, 0.15) is 10.4 Å². The average molecular weight is 398 g/mol. The van der Waals surface area contributed by atoms with Gasteiger partial charge in [-0.3, -0.25) is 9.89 Å². The SMILES string of the molecule is COC(=O)c1ccccc1NC(=O)CSc1n[nH]c(-c2ccc(OC)cc2)n1. The molecular formula is C19H18N4O4S. The fraction of sp³-hybridized carbons (Fsp3) is 0.158. The Bertz CT molecular complexity index is 972. The Morgan fingerprint density at radius 3 is 2.57 bits per heavy atom. The zero-order chi connectivity index (χ0) is 19.9. The molecule has 0 unspecified atom stereocenters. The van der Waals surface area contributed by atoms with Crippen LogP contribution < -0.4 is 10.1 Å². The highest BCUT2D eigenvalue weighted by Gasteiger charge is 2.14. The third kappa shape index (κ3) is 4.68. The topological polar surface area (TPSA) is 106 Å². The monoisotopic (exact) mass is 398 g/mol. The van der Waals surface area contributed by atoms with E-state index >= 15 is 0 Å². The molecule has 9 heteroatoms. The molecule has 0 aliphatic carbocycles. The number of nitrogens with one attached hydrogen (secondary N) is 2. The molecule has 0 fully saturated rings. The highest BCUT2D eigenvalue weighted by Crippen LogP contribution is 2.22. The summed E-state index contributed by atoms with van der Waals surface area (Å²) in [6.45, 7) is 0. The van der Waals surface area contributed by atoms with E-state index in [1.807, 2.05) is 24.3 Å². The van der Waals surface area contributed by atoms with Crippen LogP contribution in [0.3, 0.4) is 0 Å². The molecule has 2 aromatic carbocycles. The zero-order valence-electron chi connectivity index (χ0n) is 15.3. The summed E-state index contributed by atoms with van der Waals surface area (Å²) in [5.41, 5.74) is 1.55. The van der Waals surface area contributed by atoms with Crippen molar-refractivity contribution in [2.45, 2.75) is 5.16 Å². The number of thioether (sulfide) groups is 1. The predicted molar refractivity (Wildman–Crippen MR) is 106 cm³/mol. The number of para-hydroxylation sites is 1. The number of nitrogens with zero attached hydrogens (tertiary/aromatic N) is 2. The Balaban J connectivity index is 1.60. The summed E-state index contributed by atoms with van der Waals surface area (Å²) < 4.78 is 9.85. The second-order valence-electron chi connectivity index (χ2n) is 5.57. The van der Waals surface area contributed by atoms with Gasteiger partial charge in [-0.2, -0.15) is 0 Å². The molecule has 1 aromatic heterocycles. The van der Waals surface area contributed by atoms with Crippen molar-refractivity contribution >= 4 is 29.3 Å². The summed E-state index contributed by atoms with van der Waals surface area (Å²) >= 11 is 1.18. The number of amides is 1. The fourth-order valence-corrected chi connectivity index (χ4v) is 2.98. The molecule has 1 amide bonds. The number of esters is 1. The number of aromatic amines is 1. The third-order valence-corrected chi connectivity index (χ3v) is 4.61. The molecule has 144 valence electrons. The van der Waals surface area contributed by atoms with Crippen LogP contribution in [0.5, 0.6) is 5.75 Å². The Morgan fingerprint density at radius 1 is 1.11 bits per heavy atom. The van der Waals surface area contributed by atoms with Crippen LogP contribution in [0.15, 0.2) is 53.7 Å². The lowest BCUT2D eigenvalue weighted by molar-refractivity contribution is -0.113. The van der Waals surface area contributed by atoms with Gasteiger partial charge in [0.15, 0.2) is 5.82 Å².